The lowest BCUT2D eigenvalue weighted by atomic mass is 9.98. The molecule has 1 aromatic carbocycles. The molecule has 39 heavy (non-hydrogen) atoms. The third-order valence-corrected chi connectivity index (χ3v) is 7.55. The summed E-state index contributed by atoms with van der Waals surface area (Å²) < 4.78 is 10.6. The topological polar surface area (TPSA) is 112 Å². The molecule has 2 saturated heterocycles. The number of likely N-dealkylation sites (N-methyl/N-ethyl adjacent to an activating group) is 2. The van der Waals surface area contributed by atoms with Gasteiger partial charge in [0, 0.05) is 44.8 Å². The highest BCUT2D eigenvalue weighted by Gasteiger charge is 2.57. The Balaban J connectivity index is 1.77. The van der Waals surface area contributed by atoms with Crippen molar-refractivity contribution in [1.29, 1.82) is 0 Å². The summed E-state index contributed by atoms with van der Waals surface area (Å²) in [6, 6.07) is 4.81. The molecular weight excluding hydrogens is 526 g/mol. The Morgan fingerprint density at radius 2 is 1.82 bits per heavy atom. The lowest BCUT2D eigenvalue weighted by molar-refractivity contribution is -0.138. The highest BCUT2D eigenvalue weighted by Crippen LogP contribution is 2.41. The summed E-state index contributed by atoms with van der Waals surface area (Å²) in [5.41, 5.74) is 0.344. The maximum Gasteiger partial charge on any atom is 0.407 e. The van der Waals surface area contributed by atoms with E-state index < -0.39 is 41.7 Å². The summed E-state index contributed by atoms with van der Waals surface area (Å²) in [5.74, 6) is -0.552. The fraction of sp³-hybridized carbons (Fsp3) is 0.556. The van der Waals surface area contributed by atoms with Crippen molar-refractivity contribution in [1.82, 2.24) is 24.9 Å². The molecule has 1 N–H and O–H groups in total. The number of piperidine rings is 1. The van der Waals surface area contributed by atoms with Gasteiger partial charge < -0.3 is 29.5 Å². The number of carbonyl (C=O) groups excluding carboxylic acids is 4. The zero-order chi connectivity index (χ0) is 28.6. The first-order valence-electron chi connectivity index (χ1n) is 13.0. The molecule has 0 spiro atoms. The van der Waals surface area contributed by atoms with E-state index in [-0.39, 0.29) is 18.2 Å². The van der Waals surface area contributed by atoms with Crippen molar-refractivity contribution in [3.05, 3.63) is 46.2 Å². The van der Waals surface area contributed by atoms with Gasteiger partial charge in [0.2, 0.25) is 0 Å². The van der Waals surface area contributed by atoms with Gasteiger partial charge >= 0.3 is 18.1 Å². The van der Waals surface area contributed by atoms with Gasteiger partial charge in [-0.25, -0.2) is 14.4 Å². The second kappa shape index (κ2) is 11.0. The molecule has 2 unspecified atom stereocenters. The standard InChI is InChI=1S/C27H36ClN5O6/c1-27(2,3)39-25(36)29-17-11-9-13-32(15-17)22-19(24(35)38-6)20-21(23(34)31(5)26(37)30(20)4)33(22)14-16-10-7-8-12-18(16)28/h7-8,10,12,17,20-21H,9,11,13-15H2,1-6H3,(H,29,36)/t17-,20?,21?/m1/s1. The van der Waals surface area contributed by atoms with Gasteiger partial charge in [-0.2, -0.15) is 0 Å². The average molecular weight is 562 g/mol. The molecule has 3 aliphatic heterocycles. The number of urea groups is 1. The van der Waals surface area contributed by atoms with Crippen molar-refractivity contribution >= 4 is 35.6 Å². The van der Waals surface area contributed by atoms with E-state index in [0.29, 0.717) is 30.4 Å². The molecule has 1 aromatic rings. The summed E-state index contributed by atoms with van der Waals surface area (Å²) in [5, 5.41) is 3.45. The van der Waals surface area contributed by atoms with Gasteiger partial charge in [-0.3, -0.25) is 9.69 Å². The number of benzene rings is 1. The van der Waals surface area contributed by atoms with Crippen molar-refractivity contribution in [2.24, 2.45) is 0 Å². The van der Waals surface area contributed by atoms with Gasteiger partial charge in [0.15, 0.2) is 0 Å². The molecular formula is C27H36ClN5O6. The van der Waals surface area contributed by atoms with Crippen LogP contribution in [-0.2, 0) is 25.6 Å². The second-order valence-electron chi connectivity index (χ2n) is 11.1. The summed E-state index contributed by atoms with van der Waals surface area (Å²) >= 11 is 6.52. The van der Waals surface area contributed by atoms with Crippen molar-refractivity contribution in [2.75, 3.05) is 34.3 Å². The largest absolute Gasteiger partial charge is 0.465 e. The van der Waals surface area contributed by atoms with Crippen LogP contribution in [0.2, 0.25) is 5.02 Å². The quantitative estimate of drug-likeness (QED) is 0.546. The van der Waals surface area contributed by atoms with Gasteiger partial charge in [0.05, 0.1) is 13.2 Å². The number of amides is 4. The van der Waals surface area contributed by atoms with E-state index >= 15 is 0 Å². The Bertz CT molecular complexity index is 1200. The fourth-order valence-corrected chi connectivity index (χ4v) is 5.68. The van der Waals surface area contributed by atoms with Crippen LogP contribution >= 0.6 is 11.6 Å². The number of alkyl carbamates (subject to hydrolysis) is 1. The number of esters is 1. The van der Waals surface area contributed by atoms with Crippen LogP contribution in [0.25, 0.3) is 0 Å². The Labute approximate surface area is 233 Å². The summed E-state index contributed by atoms with van der Waals surface area (Å²) in [6.07, 6.45) is 0.913. The molecule has 4 amide bonds. The predicted octanol–water partition coefficient (Wildman–Crippen LogP) is 2.79. The summed E-state index contributed by atoms with van der Waals surface area (Å²) in [7, 11) is 4.29. The van der Waals surface area contributed by atoms with E-state index in [9.17, 15) is 19.2 Å². The molecule has 4 rings (SSSR count). The minimum atomic E-state index is -0.864. The summed E-state index contributed by atoms with van der Waals surface area (Å²) in [6.45, 7) is 6.56. The van der Waals surface area contributed by atoms with Crippen LogP contribution < -0.4 is 5.32 Å². The van der Waals surface area contributed by atoms with Gasteiger partial charge in [0.25, 0.3) is 5.91 Å². The van der Waals surface area contributed by atoms with Crippen molar-refractivity contribution in [3.8, 4) is 0 Å². The van der Waals surface area contributed by atoms with Crippen molar-refractivity contribution in [3.63, 3.8) is 0 Å². The molecule has 3 heterocycles. The first-order chi connectivity index (χ1) is 18.3. The van der Waals surface area contributed by atoms with E-state index in [1.54, 1.807) is 33.9 Å². The molecule has 3 aliphatic rings. The predicted molar refractivity (Wildman–Crippen MR) is 144 cm³/mol. The van der Waals surface area contributed by atoms with Gasteiger partial charge in [-0.15, -0.1) is 0 Å². The molecule has 11 nitrogen and oxygen atoms in total. The molecule has 3 atom stereocenters. The Morgan fingerprint density at radius 1 is 1.13 bits per heavy atom. The van der Waals surface area contributed by atoms with Crippen LogP contribution in [0, 0.1) is 0 Å². The van der Waals surface area contributed by atoms with Crippen LogP contribution in [0.3, 0.4) is 0 Å². The van der Waals surface area contributed by atoms with Gasteiger partial charge in [-0.05, 0) is 45.2 Å². The third kappa shape index (κ3) is 5.63. The minimum Gasteiger partial charge on any atom is -0.465 e. The molecule has 0 radical (unpaired) electrons. The van der Waals surface area contributed by atoms with Gasteiger partial charge in [0.1, 0.15) is 23.0 Å². The molecule has 2 fully saturated rings. The van der Waals surface area contributed by atoms with Crippen molar-refractivity contribution < 1.29 is 28.7 Å². The third-order valence-electron chi connectivity index (χ3n) is 7.18. The lowest BCUT2D eigenvalue weighted by Crippen LogP contribution is -2.64. The Kier molecular flexibility index (Phi) is 8.02. The highest BCUT2D eigenvalue weighted by molar-refractivity contribution is 6.31. The van der Waals surface area contributed by atoms with E-state index in [1.165, 1.54) is 19.1 Å². The SMILES string of the molecule is COC(=O)C1=C(N2CCC[C@@H](NC(=O)OC(C)(C)C)C2)N(Cc2ccccc2Cl)C2C(=O)N(C)C(=O)N(C)C12. The van der Waals surface area contributed by atoms with Crippen LogP contribution in [0.15, 0.2) is 35.7 Å². The first kappa shape index (κ1) is 28.5. The molecule has 0 saturated carbocycles. The number of fused-ring (bicyclic) bond motifs is 1. The number of likely N-dealkylation sites (tertiary alicyclic amines) is 1. The van der Waals surface area contributed by atoms with E-state index in [1.807, 2.05) is 28.0 Å². The van der Waals surface area contributed by atoms with E-state index in [4.69, 9.17) is 21.1 Å². The van der Waals surface area contributed by atoms with E-state index in [0.717, 1.165) is 16.9 Å². The van der Waals surface area contributed by atoms with Crippen LogP contribution in [0.1, 0.15) is 39.2 Å². The van der Waals surface area contributed by atoms with Crippen LogP contribution in [0.4, 0.5) is 9.59 Å². The number of imide groups is 1. The maximum absolute atomic E-state index is 13.6. The number of ether oxygens (including phenoxy) is 2. The normalized spacial score (nSPS) is 23.7. The first-order valence-corrected chi connectivity index (χ1v) is 13.3. The molecule has 0 aliphatic carbocycles. The van der Waals surface area contributed by atoms with E-state index in [2.05, 4.69) is 5.32 Å². The number of hydrogen-bond acceptors (Lipinski definition) is 8. The number of hydrogen-bond donors (Lipinski definition) is 1. The van der Waals surface area contributed by atoms with Crippen LogP contribution in [-0.4, -0.2) is 102 Å². The lowest BCUT2D eigenvalue weighted by Gasteiger charge is -2.43. The maximum atomic E-state index is 13.6. The minimum absolute atomic E-state index is 0.221. The number of halogens is 1. The molecule has 12 heteroatoms. The molecule has 0 bridgehead atoms. The average Bonchev–Trinajstić information content (AvgIpc) is 3.21. The molecule has 0 aromatic heterocycles. The van der Waals surface area contributed by atoms with Crippen LogP contribution in [0.5, 0.6) is 0 Å². The monoisotopic (exact) mass is 561 g/mol. The fourth-order valence-electron chi connectivity index (χ4n) is 5.49. The zero-order valence-electron chi connectivity index (χ0n) is 23.2. The highest BCUT2D eigenvalue weighted by atomic mass is 35.5. The summed E-state index contributed by atoms with van der Waals surface area (Å²) in [4.78, 5) is 58.7. The Morgan fingerprint density at radius 3 is 2.46 bits per heavy atom. The second-order valence-corrected chi connectivity index (χ2v) is 11.5. The zero-order valence-corrected chi connectivity index (χ0v) is 23.9. The number of nitrogens with zero attached hydrogens (tertiary/aromatic N) is 4. The van der Waals surface area contributed by atoms with Gasteiger partial charge in [-0.1, -0.05) is 29.8 Å². The number of rotatable bonds is 5. The number of methoxy groups -OCH3 is 1. The Hall–Kier alpha value is -3.47. The molecule has 212 valence electrons. The van der Waals surface area contributed by atoms with Crippen molar-refractivity contribution in [2.45, 2.75) is 63.9 Å². The number of carbonyl (C=O) groups is 4. The number of nitrogens with one attached hydrogen (secondary N) is 1. The smallest absolute Gasteiger partial charge is 0.407 e.